The minimum atomic E-state index is -0.753. The Bertz CT molecular complexity index is 739. The van der Waals surface area contributed by atoms with Crippen LogP contribution in [0.2, 0.25) is 5.02 Å². The van der Waals surface area contributed by atoms with Gasteiger partial charge in [0.25, 0.3) is 0 Å². The SMILES string of the molecule is CON1CCC2(CC1)C(=O)C(c1c(C)cc(C)c(Cl)c1C)C(=O)N2C. The van der Waals surface area contributed by atoms with Crippen LogP contribution in [-0.2, 0) is 14.4 Å². The van der Waals surface area contributed by atoms with Crippen molar-refractivity contribution >= 4 is 23.3 Å². The fraction of sp³-hybridized carbons (Fsp3) is 0.579. The molecular formula is C19H25ClN2O3. The van der Waals surface area contributed by atoms with Crippen molar-refractivity contribution in [2.75, 3.05) is 27.2 Å². The molecule has 2 saturated heterocycles. The standard InChI is InChI=1S/C19H25ClN2O3/c1-11-10-12(2)16(20)13(3)14(11)15-17(23)19(21(4)18(15)24)6-8-22(25-5)9-7-19/h10,15H,6-9H2,1-5H3. The van der Waals surface area contributed by atoms with E-state index in [1.807, 2.05) is 31.9 Å². The van der Waals surface area contributed by atoms with Crippen molar-refractivity contribution in [1.29, 1.82) is 0 Å². The van der Waals surface area contributed by atoms with Crippen LogP contribution in [0.1, 0.15) is 41.0 Å². The zero-order valence-electron chi connectivity index (χ0n) is 15.5. The van der Waals surface area contributed by atoms with E-state index in [4.69, 9.17) is 16.4 Å². The average molecular weight is 365 g/mol. The Labute approximate surface area is 153 Å². The van der Waals surface area contributed by atoms with Crippen molar-refractivity contribution in [3.05, 3.63) is 33.3 Å². The van der Waals surface area contributed by atoms with E-state index in [1.54, 1.807) is 19.1 Å². The number of amides is 1. The maximum atomic E-state index is 13.4. The number of aryl methyl sites for hydroxylation is 2. The lowest BCUT2D eigenvalue weighted by Gasteiger charge is -2.41. The molecule has 0 saturated carbocycles. The summed E-state index contributed by atoms with van der Waals surface area (Å²) < 4.78 is 0. The number of hydrogen-bond acceptors (Lipinski definition) is 4. The Morgan fingerprint density at radius 2 is 1.76 bits per heavy atom. The summed E-state index contributed by atoms with van der Waals surface area (Å²) >= 11 is 6.42. The predicted octanol–water partition coefficient (Wildman–Crippen LogP) is 2.79. The minimum Gasteiger partial charge on any atom is -0.332 e. The van der Waals surface area contributed by atoms with Crippen LogP contribution in [0.5, 0.6) is 0 Å². The molecule has 2 aliphatic rings. The Hall–Kier alpha value is -1.43. The molecule has 5 nitrogen and oxygen atoms in total. The van der Waals surface area contributed by atoms with Gasteiger partial charge in [0.1, 0.15) is 11.5 Å². The first-order chi connectivity index (χ1) is 11.7. The molecule has 1 unspecified atom stereocenters. The first-order valence-corrected chi connectivity index (χ1v) is 8.99. The average Bonchev–Trinajstić information content (AvgIpc) is 2.77. The van der Waals surface area contributed by atoms with E-state index in [0.717, 1.165) is 22.3 Å². The van der Waals surface area contributed by atoms with Gasteiger partial charge in [-0.1, -0.05) is 17.7 Å². The number of carbonyl (C=O) groups is 2. The van der Waals surface area contributed by atoms with Crippen LogP contribution in [0.15, 0.2) is 6.07 Å². The third kappa shape index (κ3) is 2.60. The number of benzene rings is 1. The molecule has 0 aromatic heterocycles. The van der Waals surface area contributed by atoms with Crippen LogP contribution < -0.4 is 0 Å². The van der Waals surface area contributed by atoms with Crippen molar-refractivity contribution in [1.82, 2.24) is 9.96 Å². The molecule has 1 spiro atoms. The second-order valence-corrected chi connectivity index (χ2v) is 7.58. The van der Waals surface area contributed by atoms with Gasteiger partial charge in [-0.05, 0) is 55.9 Å². The van der Waals surface area contributed by atoms with E-state index in [9.17, 15) is 9.59 Å². The Morgan fingerprint density at radius 3 is 2.32 bits per heavy atom. The largest absolute Gasteiger partial charge is 0.332 e. The second-order valence-electron chi connectivity index (χ2n) is 7.20. The predicted molar refractivity (Wildman–Crippen MR) is 96.7 cm³/mol. The highest BCUT2D eigenvalue weighted by molar-refractivity contribution is 6.32. The third-order valence-corrected chi connectivity index (χ3v) is 6.56. The quantitative estimate of drug-likeness (QED) is 0.757. The van der Waals surface area contributed by atoms with E-state index >= 15 is 0 Å². The maximum absolute atomic E-state index is 13.4. The summed E-state index contributed by atoms with van der Waals surface area (Å²) in [4.78, 5) is 33.4. The molecule has 2 heterocycles. The number of hydrogen-bond donors (Lipinski definition) is 0. The molecule has 2 aliphatic heterocycles. The molecule has 0 aliphatic carbocycles. The smallest absolute Gasteiger partial charge is 0.238 e. The van der Waals surface area contributed by atoms with Gasteiger partial charge in [0, 0.05) is 25.2 Å². The van der Waals surface area contributed by atoms with Gasteiger partial charge in [0.05, 0.1) is 7.11 Å². The molecule has 25 heavy (non-hydrogen) atoms. The third-order valence-electron chi connectivity index (χ3n) is 5.97. The Morgan fingerprint density at radius 1 is 1.16 bits per heavy atom. The monoisotopic (exact) mass is 364 g/mol. The number of rotatable bonds is 2. The number of hydroxylamine groups is 2. The summed E-state index contributed by atoms with van der Waals surface area (Å²) in [6.07, 6.45) is 1.19. The van der Waals surface area contributed by atoms with Crippen LogP contribution in [0.3, 0.4) is 0 Å². The summed E-state index contributed by atoms with van der Waals surface area (Å²) in [7, 11) is 3.39. The van der Waals surface area contributed by atoms with E-state index in [0.29, 0.717) is 31.0 Å². The number of likely N-dealkylation sites (tertiary alicyclic amines) is 1. The molecule has 6 heteroatoms. The highest BCUT2D eigenvalue weighted by atomic mass is 35.5. The number of carbonyl (C=O) groups excluding carboxylic acids is 2. The summed E-state index contributed by atoms with van der Waals surface area (Å²) in [5.74, 6) is -0.874. The molecule has 3 rings (SSSR count). The van der Waals surface area contributed by atoms with Gasteiger partial charge in [-0.15, -0.1) is 0 Å². The zero-order valence-corrected chi connectivity index (χ0v) is 16.2. The highest BCUT2D eigenvalue weighted by Crippen LogP contribution is 2.44. The Kier molecular flexibility index (Phi) is 4.69. The highest BCUT2D eigenvalue weighted by Gasteiger charge is 2.58. The summed E-state index contributed by atoms with van der Waals surface area (Å²) in [5, 5.41) is 2.47. The number of ketones is 1. The van der Waals surface area contributed by atoms with Crippen LogP contribution in [0.25, 0.3) is 0 Å². The molecule has 1 aromatic rings. The van der Waals surface area contributed by atoms with Gasteiger partial charge < -0.3 is 9.74 Å². The molecule has 1 amide bonds. The minimum absolute atomic E-state index is 0.00173. The van der Waals surface area contributed by atoms with Gasteiger partial charge in [-0.3, -0.25) is 9.59 Å². The fourth-order valence-electron chi connectivity index (χ4n) is 4.45. The number of halogens is 1. The number of piperidine rings is 1. The Balaban J connectivity index is 2.05. The first-order valence-electron chi connectivity index (χ1n) is 8.62. The van der Waals surface area contributed by atoms with Crippen molar-refractivity contribution in [3.8, 4) is 0 Å². The summed E-state index contributed by atoms with van der Waals surface area (Å²) in [6, 6.07) is 1.96. The van der Waals surface area contributed by atoms with Gasteiger partial charge in [0.15, 0.2) is 5.78 Å². The van der Waals surface area contributed by atoms with Gasteiger partial charge in [-0.25, -0.2) is 0 Å². The fourth-order valence-corrected chi connectivity index (χ4v) is 4.60. The summed E-state index contributed by atoms with van der Waals surface area (Å²) in [5.41, 5.74) is 2.81. The number of nitrogens with zero attached hydrogens (tertiary/aromatic N) is 2. The van der Waals surface area contributed by atoms with Crippen molar-refractivity contribution in [2.24, 2.45) is 0 Å². The van der Waals surface area contributed by atoms with Crippen molar-refractivity contribution < 1.29 is 14.4 Å². The molecular weight excluding hydrogens is 340 g/mol. The van der Waals surface area contributed by atoms with Crippen LogP contribution in [-0.4, -0.2) is 54.4 Å². The topological polar surface area (TPSA) is 49.9 Å². The van der Waals surface area contributed by atoms with Gasteiger partial charge in [0.2, 0.25) is 5.91 Å². The molecule has 1 aromatic carbocycles. The van der Waals surface area contributed by atoms with Crippen LogP contribution in [0, 0.1) is 20.8 Å². The van der Waals surface area contributed by atoms with E-state index in [-0.39, 0.29) is 11.7 Å². The molecule has 0 radical (unpaired) electrons. The molecule has 0 bridgehead atoms. The second kappa shape index (κ2) is 6.38. The van der Waals surface area contributed by atoms with Crippen molar-refractivity contribution in [2.45, 2.75) is 45.1 Å². The van der Waals surface area contributed by atoms with E-state index in [1.165, 1.54) is 0 Å². The lowest BCUT2D eigenvalue weighted by Crippen LogP contribution is -2.54. The number of likely N-dealkylation sites (N-methyl/N-ethyl adjacent to an activating group) is 1. The zero-order chi connectivity index (χ0) is 18.5. The summed E-state index contributed by atoms with van der Waals surface area (Å²) in [6.45, 7) is 7.07. The van der Waals surface area contributed by atoms with Crippen molar-refractivity contribution in [3.63, 3.8) is 0 Å². The maximum Gasteiger partial charge on any atom is 0.238 e. The molecule has 2 fully saturated rings. The van der Waals surface area contributed by atoms with E-state index in [2.05, 4.69) is 0 Å². The molecule has 1 atom stereocenters. The van der Waals surface area contributed by atoms with Crippen LogP contribution >= 0.6 is 11.6 Å². The normalized spacial score (nSPS) is 23.8. The van der Waals surface area contributed by atoms with Gasteiger partial charge >= 0.3 is 0 Å². The lowest BCUT2D eigenvalue weighted by molar-refractivity contribution is -0.165. The van der Waals surface area contributed by atoms with Crippen LogP contribution in [0.4, 0.5) is 0 Å². The molecule has 136 valence electrons. The lowest BCUT2D eigenvalue weighted by atomic mass is 9.78. The first kappa shape index (κ1) is 18.4. The number of Topliss-reactive ketones (excluding diaryl/α,β-unsaturated/α-hetero) is 1. The van der Waals surface area contributed by atoms with E-state index < -0.39 is 11.5 Å². The van der Waals surface area contributed by atoms with Gasteiger partial charge in [-0.2, -0.15) is 5.06 Å². The molecule has 0 N–H and O–H groups in total.